The van der Waals surface area contributed by atoms with Gasteiger partial charge in [0.1, 0.15) is 0 Å². The average Bonchev–Trinajstić information content (AvgIpc) is 3.44. The summed E-state index contributed by atoms with van der Waals surface area (Å²) in [6.07, 6.45) is 1.97. The Morgan fingerprint density at radius 1 is 1.13 bits per heavy atom. The lowest BCUT2D eigenvalue weighted by Gasteiger charge is -2.42. The first-order valence-electron chi connectivity index (χ1n) is 11.0. The molecule has 3 aliphatic heterocycles. The first-order chi connectivity index (χ1) is 15.2. The number of thiophene rings is 1. The number of amides is 2. The summed E-state index contributed by atoms with van der Waals surface area (Å²) in [7, 11) is 0. The van der Waals surface area contributed by atoms with Crippen LogP contribution in [-0.4, -0.2) is 73.2 Å². The van der Waals surface area contributed by atoms with Gasteiger partial charge in [0.2, 0.25) is 0 Å². The summed E-state index contributed by atoms with van der Waals surface area (Å²) in [6, 6.07) is 12.0. The SMILES string of the molecule is O=C(c1ccsc1)N1CCO[C@]2(C1)C(=O)N(CC1CCOCC1)C[C@H]2c1ccccc1. The number of ether oxygens (including phenoxy) is 2. The van der Waals surface area contributed by atoms with E-state index in [1.54, 1.807) is 4.90 Å². The van der Waals surface area contributed by atoms with Crippen LogP contribution in [0.1, 0.15) is 34.7 Å². The smallest absolute Gasteiger partial charge is 0.257 e. The number of likely N-dealkylation sites (tertiary alicyclic amines) is 1. The number of rotatable bonds is 4. The molecule has 1 spiro atoms. The quantitative estimate of drug-likeness (QED) is 0.733. The van der Waals surface area contributed by atoms with E-state index in [0.29, 0.717) is 37.7 Å². The fourth-order valence-electron chi connectivity index (χ4n) is 5.15. The van der Waals surface area contributed by atoms with E-state index in [4.69, 9.17) is 9.47 Å². The second kappa shape index (κ2) is 8.73. The van der Waals surface area contributed by atoms with Crippen LogP contribution in [0.25, 0.3) is 0 Å². The predicted octanol–water partition coefficient (Wildman–Crippen LogP) is 3.01. The largest absolute Gasteiger partial charge is 0.381 e. The highest BCUT2D eigenvalue weighted by atomic mass is 32.1. The van der Waals surface area contributed by atoms with Crippen molar-refractivity contribution < 1.29 is 19.1 Å². The molecule has 4 heterocycles. The van der Waals surface area contributed by atoms with Crippen LogP contribution in [0.5, 0.6) is 0 Å². The van der Waals surface area contributed by atoms with Crippen molar-refractivity contribution in [3.8, 4) is 0 Å². The Kier molecular flexibility index (Phi) is 5.82. The average molecular weight is 441 g/mol. The van der Waals surface area contributed by atoms with E-state index in [1.807, 2.05) is 39.9 Å². The lowest BCUT2D eigenvalue weighted by molar-refractivity contribution is -0.160. The minimum atomic E-state index is -1.02. The first kappa shape index (κ1) is 20.7. The summed E-state index contributed by atoms with van der Waals surface area (Å²) >= 11 is 1.51. The van der Waals surface area contributed by atoms with Crippen molar-refractivity contribution in [1.29, 1.82) is 0 Å². The standard InChI is InChI=1S/C24H28N2O4S/c27-22(20-8-13-31-16-20)25-9-12-30-24(17-25)21(19-4-2-1-3-5-19)15-26(23(24)28)14-18-6-10-29-11-7-18/h1-5,8,13,16,18,21H,6-7,9-12,14-15,17H2/t21-,24-/m0/s1. The van der Waals surface area contributed by atoms with Crippen molar-refractivity contribution in [2.75, 3.05) is 46.0 Å². The molecule has 3 saturated heterocycles. The van der Waals surface area contributed by atoms with Crippen LogP contribution >= 0.6 is 11.3 Å². The molecule has 3 fully saturated rings. The first-order valence-corrected chi connectivity index (χ1v) is 12.0. The topological polar surface area (TPSA) is 59.1 Å². The molecule has 164 valence electrons. The van der Waals surface area contributed by atoms with Gasteiger partial charge < -0.3 is 19.3 Å². The maximum absolute atomic E-state index is 13.8. The Bertz CT molecular complexity index is 913. The van der Waals surface area contributed by atoms with Gasteiger partial charge in [-0.3, -0.25) is 9.59 Å². The molecule has 2 atom stereocenters. The molecule has 0 saturated carbocycles. The van der Waals surface area contributed by atoms with E-state index in [2.05, 4.69) is 12.1 Å². The van der Waals surface area contributed by atoms with E-state index >= 15 is 0 Å². The van der Waals surface area contributed by atoms with Gasteiger partial charge in [-0.25, -0.2) is 0 Å². The maximum atomic E-state index is 13.8. The van der Waals surface area contributed by atoms with Gasteiger partial charge in [0.25, 0.3) is 11.8 Å². The van der Waals surface area contributed by atoms with Crippen LogP contribution in [0.15, 0.2) is 47.2 Å². The van der Waals surface area contributed by atoms with Crippen molar-refractivity contribution in [2.45, 2.75) is 24.4 Å². The van der Waals surface area contributed by atoms with Crippen LogP contribution in [0.4, 0.5) is 0 Å². The molecule has 5 rings (SSSR count). The van der Waals surface area contributed by atoms with Gasteiger partial charge in [-0.1, -0.05) is 30.3 Å². The van der Waals surface area contributed by atoms with Crippen molar-refractivity contribution >= 4 is 23.2 Å². The van der Waals surface area contributed by atoms with Crippen LogP contribution in [-0.2, 0) is 14.3 Å². The zero-order valence-electron chi connectivity index (χ0n) is 17.6. The number of nitrogens with zero attached hydrogens (tertiary/aromatic N) is 2. The summed E-state index contributed by atoms with van der Waals surface area (Å²) in [5, 5.41) is 3.78. The maximum Gasteiger partial charge on any atom is 0.257 e. The molecule has 0 aliphatic carbocycles. The molecule has 31 heavy (non-hydrogen) atoms. The number of hydrogen-bond donors (Lipinski definition) is 0. The minimum Gasteiger partial charge on any atom is -0.381 e. The third kappa shape index (κ3) is 3.90. The van der Waals surface area contributed by atoms with Crippen LogP contribution in [0.3, 0.4) is 0 Å². The summed E-state index contributed by atoms with van der Waals surface area (Å²) in [6.45, 7) is 4.06. The van der Waals surface area contributed by atoms with Gasteiger partial charge in [0.05, 0.1) is 18.7 Å². The lowest BCUT2D eigenvalue weighted by Crippen LogP contribution is -2.59. The number of benzene rings is 1. The molecule has 2 aromatic rings. The molecular formula is C24H28N2O4S. The van der Waals surface area contributed by atoms with Crippen molar-refractivity contribution in [1.82, 2.24) is 9.80 Å². The van der Waals surface area contributed by atoms with Gasteiger partial charge in [-0.15, -0.1) is 0 Å². The molecule has 7 heteroatoms. The van der Waals surface area contributed by atoms with Crippen molar-refractivity contribution in [3.05, 3.63) is 58.3 Å². The van der Waals surface area contributed by atoms with E-state index < -0.39 is 5.60 Å². The number of carbonyl (C=O) groups excluding carboxylic acids is 2. The minimum absolute atomic E-state index is 0.0218. The summed E-state index contributed by atoms with van der Waals surface area (Å²) in [5.41, 5.74) is 0.758. The highest BCUT2D eigenvalue weighted by Crippen LogP contribution is 2.43. The molecule has 0 radical (unpaired) electrons. The Morgan fingerprint density at radius 3 is 2.68 bits per heavy atom. The van der Waals surface area contributed by atoms with E-state index in [-0.39, 0.29) is 17.7 Å². The Hall–Kier alpha value is -2.22. The van der Waals surface area contributed by atoms with E-state index in [9.17, 15) is 9.59 Å². The molecule has 6 nitrogen and oxygen atoms in total. The van der Waals surface area contributed by atoms with E-state index in [1.165, 1.54) is 11.3 Å². The van der Waals surface area contributed by atoms with Gasteiger partial charge in [-0.2, -0.15) is 11.3 Å². The monoisotopic (exact) mass is 440 g/mol. The Balaban J connectivity index is 1.44. The zero-order valence-corrected chi connectivity index (χ0v) is 18.4. The van der Waals surface area contributed by atoms with E-state index in [0.717, 1.165) is 38.2 Å². The number of carbonyl (C=O) groups is 2. The highest BCUT2D eigenvalue weighted by molar-refractivity contribution is 7.08. The molecule has 1 aromatic carbocycles. The second-order valence-electron chi connectivity index (χ2n) is 8.71. The van der Waals surface area contributed by atoms with Crippen molar-refractivity contribution in [3.63, 3.8) is 0 Å². The molecule has 1 aromatic heterocycles. The molecule has 2 amide bonds. The molecular weight excluding hydrogens is 412 g/mol. The summed E-state index contributed by atoms with van der Waals surface area (Å²) in [4.78, 5) is 30.7. The van der Waals surface area contributed by atoms with Gasteiger partial charge >= 0.3 is 0 Å². The predicted molar refractivity (Wildman–Crippen MR) is 118 cm³/mol. The van der Waals surface area contributed by atoms with Gasteiger partial charge in [-0.05, 0) is 35.8 Å². The Labute approximate surface area is 186 Å². The molecule has 3 aliphatic rings. The number of morpholine rings is 1. The summed E-state index contributed by atoms with van der Waals surface area (Å²) in [5.74, 6) is 0.359. The van der Waals surface area contributed by atoms with Crippen LogP contribution < -0.4 is 0 Å². The molecule has 0 bridgehead atoms. The molecule has 0 unspecified atom stereocenters. The molecule has 0 N–H and O–H groups in total. The van der Waals surface area contributed by atoms with Gasteiger partial charge in [0.15, 0.2) is 5.60 Å². The lowest BCUT2D eigenvalue weighted by atomic mass is 9.83. The van der Waals surface area contributed by atoms with Gasteiger partial charge in [0, 0.05) is 44.1 Å². The summed E-state index contributed by atoms with van der Waals surface area (Å²) < 4.78 is 11.8. The van der Waals surface area contributed by atoms with Crippen molar-refractivity contribution in [2.24, 2.45) is 5.92 Å². The number of hydrogen-bond acceptors (Lipinski definition) is 5. The third-order valence-electron chi connectivity index (χ3n) is 6.84. The third-order valence-corrected chi connectivity index (χ3v) is 7.52. The van der Waals surface area contributed by atoms with Crippen LogP contribution in [0, 0.1) is 5.92 Å². The Morgan fingerprint density at radius 2 is 1.94 bits per heavy atom. The fraction of sp³-hybridized carbons (Fsp3) is 0.500. The highest BCUT2D eigenvalue weighted by Gasteiger charge is 2.58. The van der Waals surface area contributed by atoms with Crippen LogP contribution in [0.2, 0.25) is 0 Å². The fourth-order valence-corrected chi connectivity index (χ4v) is 5.78. The normalized spacial score (nSPS) is 27.2. The second-order valence-corrected chi connectivity index (χ2v) is 9.49. The zero-order chi connectivity index (χ0) is 21.3.